The molecule has 1 N–H and O–H groups in total. The molecule has 0 bridgehead atoms. The Morgan fingerprint density at radius 3 is 2.67 bits per heavy atom. The molecule has 0 amide bonds. The second kappa shape index (κ2) is 3.98. The Labute approximate surface area is 60.5 Å². The van der Waals surface area contributed by atoms with Crippen LogP contribution in [0.4, 0.5) is 0 Å². The van der Waals surface area contributed by atoms with Gasteiger partial charge in [-0.05, 0) is 12.8 Å². The van der Waals surface area contributed by atoms with Gasteiger partial charge in [0.1, 0.15) is 8.77 Å². The first-order valence-corrected chi connectivity index (χ1v) is 5.23. The summed E-state index contributed by atoms with van der Waals surface area (Å²) in [6.45, 7) is 3.47. The molecule has 2 nitrogen and oxygen atoms in total. The molecule has 0 fully saturated rings. The summed E-state index contributed by atoms with van der Waals surface area (Å²) < 4.78 is 19.0. The van der Waals surface area contributed by atoms with Gasteiger partial charge in [-0.1, -0.05) is 6.08 Å². The highest BCUT2D eigenvalue weighted by Gasteiger charge is 1.96. The van der Waals surface area contributed by atoms with Crippen LogP contribution < -0.4 is 0 Å². The molecule has 1 atom stereocenters. The number of hydrogen-bond donors (Lipinski definition) is 1. The lowest BCUT2D eigenvalue weighted by Crippen LogP contribution is -2.00. The van der Waals surface area contributed by atoms with E-state index in [1.54, 1.807) is 6.08 Å². The first-order chi connectivity index (χ1) is 4.06. The zero-order chi connectivity index (χ0) is 7.33. The highest BCUT2D eigenvalue weighted by Crippen LogP contribution is 1.93. The molecule has 9 heavy (non-hydrogen) atoms. The van der Waals surface area contributed by atoms with Crippen molar-refractivity contribution in [2.45, 2.75) is 12.8 Å². The molecule has 0 heterocycles. The molecule has 0 aromatic carbocycles. The smallest absolute Gasteiger partial charge is 0.141 e. The lowest BCUT2D eigenvalue weighted by molar-refractivity contribution is 0.559. The molecule has 0 aliphatic carbocycles. The van der Waals surface area contributed by atoms with Crippen LogP contribution in [0.2, 0.25) is 0 Å². The van der Waals surface area contributed by atoms with Crippen LogP contribution in [-0.4, -0.2) is 14.5 Å². The molecule has 0 aromatic rings. The minimum atomic E-state index is -2.91. The van der Waals surface area contributed by atoms with Crippen molar-refractivity contribution in [1.29, 1.82) is 0 Å². The third-order valence-electron chi connectivity index (χ3n) is 0.811. The Hall–Kier alpha value is 0.0700. The molecule has 0 aromatic heterocycles. The highest BCUT2D eigenvalue weighted by atomic mass is 32.8. The fourth-order valence-corrected chi connectivity index (χ4v) is 1.30. The van der Waals surface area contributed by atoms with Crippen molar-refractivity contribution < 1.29 is 8.76 Å². The summed E-state index contributed by atoms with van der Waals surface area (Å²) in [6, 6.07) is 0. The van der Waals surface area contributed by atoms with E-state index in [1.165, 1.54) is 0 Å². The predicted octanol–water partition coefficient (Wildman–Crippen LogP) is 1.17. The maximum absolute atomic E-state index is 10.4. The monoisotopic (exact) mass is 166 g/mol. The fourth-order valence-electron chi connectivity index (χ4n) is 0.410. The zero-order valence-electron chi connectivity index (χ0n) is 5.08. The van der Waals surface area contributed by atoms with Crippen LogP contribution in [0.3, 0.4) is 0 Å². The van der Waals surface area contributed by atoms with Gasteiger partial charge < -0.3 is 4.55 Å². The molecular formula is C5H10O2S2. The van der Waals surface area contributed by atoms with Crippen LogP contribution in [0.15, 0.2) is 12.7 Å². The van der Waals surface area contributed by atoms with Crippen molar-refractivity contribution in [2.75, 3.05) is 5.75 Å². The van der Waals surface area contributed by atoms with Gasteiger partial charge in [0.25, 0.3) is 0 Å². The molecule has 0 rings (SSSR count). The Bertz CT molecular complexity index is 169. The quantitative estimate of drug-likeness (QED) is 0.503. The third-order valence-corrected chi connectivity index (χ3v) is 2.12. The van der Waals surface area contributed by atoms with E-state index in [-0.39, 0.29) is 5.75 Å². The summed E-state index contributed by atoms with van der Waals surface area (Å²) in [5, 5.41) is 0. The first-order valence-electron chi connectivity index (χ1n) is 2.62. The maximum Gasteiger partial charge on any atom is 0.141 e. The Balaban J connectivity index is 3.40. The van der Waals surface area contributed by atoms with Crippen LogP contribution in [0.25, 0.3) is 0 Å². The van der Waals surface area contributed by atoms with Crippen LogP contribution in [0.5, 0.6) is 0 Å². The first kappa shape index (κ1) is 9.07. The molecule has 0 aliphatic rings. The van der Waals surface area contributed by atoms with Crippen molar-refractivity contribution >= 4 is 20.0 Å². The summed E-state index contributed by atoms with van der Waals surface area (Å²) in [4.78, 5) is 0. The van der Waals surface area contributed by atoms with Gasteiger partial charge >= 0.3 is 0 Å². The summed E-state index contributed by atoms with van der Waals surface area (Å²) in [5.74, 6) is 0.203. The van der Waals surface area contributed by atoms with E-state index in [2.05, 4.69) is 17.8 Å². The van der Waals surface area contributed by atoms with Crippen LogP contribution in [0, 0.1) is 0 Å². The maximum atomic E-state index is 10.4. The average molecular weight is 166 g/mol. The molecule has 0 saturated heterocycles. The zero-order valence-corrected chi connectivity index (χ0v) is 6.71. The van der Waals surface area contributed by atoms with Crippen molar-refractivity contribution in [3.8, 4) is 0 Å². The molecular weight excluding hydrogens is 156 g/mol. The van der Waals surface area contributed by atoms with E-state index >= 15 is 0 Å². The minimum absolute atomic E-state index is 0.203. The van der Waals surface area contributed by atoms with E-state index in [9.17, 15) is 4.21 Å². The highest BCUT2D eigenvalue weighted by molar-refractivity contribution is 8.29. The van der Waals surface area contributed by atoms with E-state index in [1.807, 2.05) is 0 Å². The van der Waals surface area contributed by atoms with Crippen molar-refractivity contribution in [1.82, 2.24) is 0 Å². The Morgan fingerprint density at radius 2 is 2.33 bits per heavy atom. The van der Waals surface area contributed by atoms with Gasteiger partial charge in [0, 0.05) is 11.2 Å². The van der Waals surface area contributed by atoms with Gasteiger partial charge in [-0.25, -0.2) is 4.21 Å². The molecule has 0 saturated carbocycles. The van der Waals surface area contributed by atoms with Gasteiger partial charge in [-0.15, -0.1) is 6.58 Å². The van der Waals surface area contributed by atoms with Crippen molar-refractivity contribution in [3.63, 3.8) is 0 Å². The third kappa shape index (κ3) is 8.07. The van der Waals surface area contributed by atoms with Gasteiger partial charge in [0.2, 0.25) is 0 Å². The van der Waals surface area contributed by atoms with Gasteiger partial charge in [-0.3, -0.25) is 0 Å². The standard InChI is InChI=1S/C5H10O2S2/c1-2-3-4-5-9(6,7)8/h2H,1,3-5H2,(H,6,7,8). The molecule has 0 aliphatic heterocycles. The lowest BCUT2D eigenvalue weighted by Gasteiger charge is -1.94. The minimum Gasteiger partial charge on any atom is -0.306 e. The van der Waals surface area contributed by atoms with Gasteiger partial charge in [0.05, 0.1) is 5.75 Å². The van der Waals surface area contributed by atoms with Gasteiger partial charge in [0.15, 0.2) is 0 Å². The predicted molar refractivity (Wildman–Crippen MR) is 42.4 cm³/mol. The SMILES string of the molecule is C=CCCCS(=O)(O)=S. The molecule has 0 radical (unpaired) electrons. The summed E-state index contributed by atoms with van der Waals surface area (Å²) in [7, 11) is -2.91. The lowest BCUT2D eigenvalue weighted by atomic mass is 10.3. The number of unbranched alkanes of at least 4 members (excludes halogenated alkanes) is 1. The van der Waals surface area contributed by atoms with E-state index in [0.29, 0.717) is 6.42 Å². The summed E-state index contributed by atoms with van der Waals surface area (Å²) in [5.41, 5.74) is 0. The van der Waals surface area contributed by atoms with E-state index in [0.717, 1.165) is 6.42 Å². The summed E-state index contributed by atoms with van der Waals surface area (Å²) >= 11 is 4.25. The second-order valence-electron chi connectivity index (χ2n) is 1.72. The number of hydrogen-bond acceptors (Lipinski definition) is 2. The molecule has 4 heteroatoms. The second-order valence-corrected chi connectivity index (χ2v) is 4.85. The average Bonchev–Trinajstić information content (AvgIpc) is 1.63. The van der Waals surface area contributed by atoms with E-state index < -0.39 is 8.77 Å². The van der Waals surface area contributed by atoms with Crippen LogP contribution >= 0.6 is 0 Å². The fraction of sp³-hybridized carbons (Fsp3) is 0.600. The molecule has 1 unspecified atom stereocenters. The van der Waals surface area contributed by atoms with Crippen LogP contribution in [-0.2, 0) is 20.0 Å². The Morgan fingerprint density at radius 1 is 1.78 bits per heavy atom. The topological polar surface area (TPSA) is 37.3 Å². The molecule has 54 valence electrons. The van der Waals surface area contributed by atoms with Gasteiger partial charge in [-0.2, -0.15) is 0 Å². The Kier molecular flexibility index (Phi) is 4.01. The summed E-state index contributed by atoms with van der Waals surface area (Å²) in [6.07, 6.45) is 3.12. The van der Waals surface area contributed by atoms with Crippen molar-refractivity contribution in [3.05, 3.63) is 12.7 Å². The number of rotatable bonds is 4. The largest absolute Gasteiger partial charge is 0.306 e. The van der Waals surface area contributed by atoms with Crippen LogP contribution in [0.1, 0.15) is 12.8 Å². The number of allylic oxidation sites excluding steroid dienone is 1. The van der Waals surface area contributed by atoms with E-state index in [4.69, 9.17) is 4.55 Å². The normalized spacial score (nSPS) is 16.6. The van der Waals surface area contributed by atoms with Crippen molar-refractivity contribution in [2.24, 2.45) is 0 Å². The molecule has 0 spiro atoms.